The molecule has 3 heterocycles. The van der Waals surface area contributed by atoms with Crippen LogP contribution in [0.25, 0.3) is 0 Å². The van der Waals surface area contributed by atoms with Crippen molar-refractivity contribution in [1.82, 2.24) is 20.1 Å². The maximum Gasteiger partial charge on any atom is 0.272 e. The van der Waals surface area contributed by atoms with Crippen LogP contribution in [-0.2, 0) is 9.53 Å². The molecule has 2 amide bonds. The molecule has 7 heteroatoms. The number of nitrogens with one attached hydrogen (secondary N) is 1. The number of morpholine rings is 1. The molecular weight excluding hydrogens is 296 g/mol. The lowest BCUT2D eigenvalue weighted by Crippen LogP contribution is -2.53. The number of amides is 2. The highest BCUT2D eigenvalue weighted by Crippen LogP contribution is 2.23. The predicted octanol–water partition coefficient (Wildman–Crippen LogP) is -0.339. The van der Waals surface area contributed by atoms with Gasteiger partial charge in [0, 0.05) is 32.4 Å². The fraction of sp³-hybridized carbons (Fsp3) is 0.562. The molecule has 0 bridgehead atoms. The number of likely N-dealkylation sites (N-methyl/N-ethyl adjacent to an activating group) is 1. The van der Waals surface area contributed by atoms with E-state index in [9.17, 15) is 9.59 Å². The monoisotopic (exact) mass is 318 g/mol. The average molecular weight is 318 g/mol. The van der Waals surface area contributed by atoms with E-state index in [0.717, 1.165) is 5.69 Å². The third-order valence-electron chi connectivity index (χ3n) is 4.44. The number of aromatic nitrogens is 1. The van der Waals surface area contributed by atoms with Gasteiger partial charge in [0.25, 0.3) is 5.91 Å². The molecule has 2 saturated heterocycles. The van der Waals surface area contributed by atoms with Crippen molar-refractivity contribution in [3.8, 4) is 0 Å². The Bertz CT molecular complexity index is 607. The summed E-state index contributed by atoms with van der Waals surface area (Å²) >= 11 is 0. The van der Waals surface area contributed by atoms with E-state index in [1.165, 1.54) is 0 Å². The van der Waals surface area contributed by atoms with E-state index in [-0.39, 0.29) is 24.0 Å². The number of hydrogen-bond donors (Lipinski definition) is 1. The van der Waals surface area contributed by atoms with Crippen LogP contribution in [0, 0.1) is 6.92 Å². The standard InChI is InChI=1S/C16H22N4O3/c1-11-4-3-5-12(18-11)16(22)20-8-13-14(9-20)23-7-6-19(13)10-15(21)17-2/h3-5,13-14H,6-10H2,1-2H3,(H,17,21)/t13-,14+/m1/s1. The third kappa shape index (κ3) is 3.35. The van der Waals surface area contributed by atoms with Gasteiger partial charge in [-0.1, -0.05) is 6.07 Å². The molecule has 1 aromatic heterocycles. The lowest BCUT2D eigenvalue weighted by Gasteiger charge is -2.35. The highest BCUT2D eigenvalue weighted by molar-refractivity contribution is 5.92. The number of pyridine rings is 1. The summed E-state index contributed by atoms with van der Waals surface area (Å²) in [5.41, 5.74) is 1.28. The number of likely N-dealkylation sites (tertiary alicyclic amines) is 1. The average Bonchev–Trinajstić information content (AvgIpc) is 2.99. The van der Waals surface area contributed by atoms with Gasteiger partial charge in [-0.2, -0.15) is 0 Å². The number of rotatable bonds is 3. The van der Waals surface area contributed by atoms with E-state index in [1.54, 1.807) is 18.0 Å². The molecule has 0 radical (unpaired) electrons. The zero-order valence-corrected chi connectivity index (χ0v) is 13.5. The van der Waals surface area contributed by atoms with Crippen LogP contribution in [0.5, 0.6) is 0 Å². The van der Waals surface area contributed by atoms with Crippen LogP contribution in [-0.4, -0.2) is 78.6 Å². The van der Waals surface area contributed by atoms with Crippen LogP contribution < -0.4 is 5.32 Å². The van der Waals surface area contributed by atoms with E-state index < -0.39 is 0 Å². The van der Waals surface area contributed by atoms with Gasteiger partial charge < -0.3 is 15.0 Å². The van der Waals surface area contributed by atoms with E-state index >= 15 is 0 Å². The minimum atomic E-state index is -0.0772. The number of aryl methyl sites for hydroxylation is 1. The third-order valence-corrected chi connectivity index (χ3v) is 4.44. The predicted molar refractivity (Wildman–Crippen MR) is 84.0 cm³/mol. The van der Waals surface area contributed by atoms with Gasteiger partial charge in [-0.25, -0.2) is 4.98 Å². The Hall–Kier alpha value is -1.99. The van der Waals surface area contributed by atoms with Crippen LogP contribution in [0.4, 0.5) is 0 Å². The summed E-state index contributed by atoms with van der Waals surface area (Å²) in [5.74, 6) is -0.0950. The Morgan fingerprint density at radius 1 is 1.39 bits per heavy atom. The normalized spacial score (nSPS) is 24.3. The van der Waals surface area contributed by atoms with Crippen molar-refractivity contribution < 1.29 is 14.3 Å². The molecule has 7 nitrogen and oxygen atoms in total. The number of nitrogens with zero attached hydrogens (tertiary/aromatic N) is 3. The molecule has 2 atom stereocenters. The lowest BCUT2D eigenvalue weighted by atomic mass is 10.1. The number of carbonyl (C=O) groups is 2. The zero-order valence-electron chi connectivity index (χ0n) is 13.5. The first-order valence-electron chi connectivity index (χ1n) is 7.87. The summed E-state index contributed by atoms with van der Waals surface area (Å²) in [4.78, 5) is 32.5. The molecule has 2 fully saturated rings. The molecule has 124 valence electrons. The fourth-order valence-electron chi connectivity index (χ4n) is 3.21. The summed E-state index contributed by atoms with van der Waals surface area (Å²) in [6.45, 7) is 4.61. The molecule has 3 rings (SSSR count). The summed E-state index contributed by atoms with van der Waals surface area (Å²) in [7, 11) is 1.63. The maximum absolute atomic E-state index is 12.6. The molecule has 2 aliphatic heterocycles. The fourth-order valence-corrected chi connectivity index (χ4v) is 3.21. The first-order valence-corrected chi connectivity index (χ1v) is 7.87. The van der Waals surface area contributed by atoms with Gasteiger partial charge in [-0.05, 0) is 19.1 Å². The van der Waals surface area contributed by atoms with Crippen LogP contribution in [0.1, 0.15) is 16.2 Å². The maximum atomic E-state index is 12.6. The smallest absolute Gasteiger partial charge is 0.272 e. The number of ether oxygens (including phenoxy) is 1. The van der Waals surface area contributed by atoms with Gasteiger partial charge in [-0.3, -0.25) is 14.5 Å². The number of hydrogen-bond acceptors (Lipinski definition) is 5. The van der Waals surface area contributed by atoms with E-state index in [2.05, 4.69) is 15.2 Å². The molecule has 0 spiro atoms. The Morgan fingerprint density at radius 3 is 2.96 bits per heavy atom. The summed E-state index contributed by atoms with van der Waals surface area (Å²) in [5, 5.41) is 2.65. The van der Waals surface area contributed by atoms with Crippen molar-refractivity contribution in [2.45, 2.75) is 19.1 Å². The topological polar surface area (TPSA) is 74.8 Å². The molecule has 1 N–H and O–H groups in total. The quantitative estimate of drug-likeness (QED) is 0.825. The molecule has 23 heavy (non-hydrogen) atoms. The van der Waals surface area contributed by atoms with Crippen molar-refractivity contribution in [2.75, 3.05) is 39.8 Å². The van der Waals surface area contributed by atoms with Gasteiger partial charge >= 0.3 is 0 Å². The van der Waals surface area contributed by atoms with Gasteiger partial charge in [0.05, 0.1) is 25.3 Å². The van der Waals surface area contributed by atoms with Crippen molar-refractivity contribution >= 4 is 11.8 Å². The van der Waals surface area contributed by atoms with Crippen LogP contribution in [0.2, 0.25) is 0 Å². The van der Waals surface area contributed by atoms with Crippen molar-refractivity contribution in [1.29, 1.82) is 0 Å². The van der Waals surface area contributed by atoms with E-state index in [0.29, 0.717) is 38.5 Å². The second-order valence-electron chi connectivity index (χ2n) is 5.99. The minimum Gasteiger partial charge on any atom is -0.373 e. The van der Waals surface area contributed by atoms with E-state index in [1.807, 2.05) is 19.1 Å². The number of fused-ring (bicyclic) bond motifs is 1. The first kappa shape index (κ1) is 15.9. The molecule has 0 aliphatic carbocycles. The van der Waals surface area contributed by atoms with Crippen LogP contribution in [0.15, 0.2) is 18.2 Å². The van der Waals surface area contributed by atoms with Crippen LogP contribution >= 0.6 is 0 Å². The van der Waals surface area contributed by atoms with Crippen molar-refractivity contribution in [3.05, 3.63) is 29.6 Å². The molecule has 0 unspecified atom stereocenters. The second kappa shape index (κ2) is 6.64. The highest BCUT2D eigenvalue weighted by atomic mass is 16.5. The van der Waals surface area contributed by atoms with E-state index in [4.69, 9.17) is 4.74 Å². The largest absolute Gasteiger partial charge is 0.373 e. The SMILES string of the molecule is CNC(=O)CN1CCO[C@H]2CN(C(=O)c3cccc(C)n3)C[C@H]21. The zero-order chi connectivity index (χ0) is 16.4. The Balaban J connectivity index is 1.70. The number of carbonyl (C=O) groups excluding carboxylic acids is 2. The van der Waals surface area contributed by atoms with Crippen LogP contribution in [0.3, 0.4) is 0 Å². The first-order chi connectivity index (χ1) is 11.1. The molecule has 1 aromatic rings. The molecule has 0 aromatic carbocycles. The molecular formula is C16H22N4O3. The Morgan fingerprint density at radius 2 is 2.22 bits per heavy atom. The van der Waals surface area contributed by atoms with Gasteiger partial charge in [0.15, 0.2) is 0 Å². The van der Waals surface area contributed by atoms with Crippen molar-refractivity contribution in [2.24, 2.45) is 0 Å². The Labute approximate surface area is 135 Å². The summed E-state index contributed by atoms with van der Waals surface area (Å²) in [6, 6.07) is 5.51. The summed E-state index contributed by atoms with van der Waals surface area (Å²) < 4.78 is 5.80. The van der Waals surface area contributed by atoms with Gasteiger partial charge in [0.1, 0.15) is 5.69 Å². The minimum absolute atomic E-state index is 0.0178. The molecule has 2 aliphatic rings. The summed E-state index contributed by atoms with van der Waals surface area (Å²) in [6.07, 6.45) is -0.0397. The molecule has 0 saturated carbocycles. The Kier molecular flexibility index (Phi) is 4.58. The van der Waals surface area contributed by atoms with Crippen molar-refractivity contribution in [3.63, 3.8) is 0 Å². The highest BCUT2D eigenvalue weighted by Gasteiger charge is 2.42. The second-order valence-corrected chi connectivity index (χ2v) is 5.99. The van der Waals surface area contributed by atoms with Gasteiger partial charge in [-0.15, -0.1) is 0 Å². The lowest BCUT2D eigenvalue weighted by molar-refractivity contribution is -0.125. The van der Waals surface area contributed by atoms with Gasteiger partial charge in [0.2, 0.25) is 5.91 Å².